The zero-order valence-corrected chi connectivity index (χ0v) is 10.9. The van der Waals surface area contributed by atoms with Crippen molar-refractivity contribution in [2.75, 3.05) is 18.5 Å². The van der Waals surface area contributed by atoms with Gasteiger partial charge >= 0.3 is 0 Å². The van der Waals surface area contributed by atoms with E-state index in [1.54, 1.807) is 6.07 Å². The first-order valence-corrected chi connectivity index (χ1v) is 6.20. The molecule has 0 saturated carbocycles. The van der Waals surface area contributed by atoms with Gasteiger partial charge in [0.25, 0.3) is 0 Å². The lowest BCUT2D eigenvalue weighted by molar-refractivity contribution is 0.311. The third-order valence-corrected chi connectivity index (χ3v) is 3.03. The van der Waals surface area contributed by atoms with Gasteiger partial charge < -0.3 is 16.2 Å². The maximum Gasteiger partial charge on any atom is 0.131 e. The molecule has 4 nitrogen and oxygen atoms in total. The van der Waals surface area contributed by atoms with E-state index in [9.17, 15) is 0 Å². The summed E-state index contributed by atoms with van der Waals surface area (Å²) in [5, 5.41) is 13.5. The van der Waals surface area contributed by atoms with Crippen molar-refractivity contribution in [2.24, 2.45) is 5.73 Å². The van der Waals surface area contributed by atoms with Crippen molar-refractivity contribution in [1.29, 1.82) is 0 Å². The van der Waals surface area contributed by atoms with Crippen LogP contribution < -0.4 is 11.1 Å². The number of aliphatic hydroxyl groups excluding tert-OH is 1. The van der Waals surface area contributed by atoms with Crippen LogP contribution in [0, 0.1) is 0 Å². The van der Waals surface area contributed by atoms with Gasteiger partial charge in [-0.1, -0.05) is 23.7 Å². The number of rotatable bonds is 4. The van der Waals surface area contributed by atoms with E-state index < -0.39 is 0 Å². The van der Waals surface area contributed by atoms with Gasteiger partial charge in [-0.3, -0.25) is 0 Å². The van der Waals surface area contributed by atoms with Gasteiger partial charge in [0.2, 0.25) is 0 Å². The second kappa shape index (κ2) is 5.52. The quantitative estimate of drug-likeness (QED) is 0.793. The van der Waals surface area contributed by atoms with Crippen LogP contribution in [-0.2, 0) is 0 Å². The van der Waals surface area contributed by atoms with E-state index in [-0.39, 0.29) is 12.6 Å². The summed E-state index contributed by atoms with van der Waals surface area (Å²) in [5.74, 6) is 0.680. The highest BCUT2D eigenvalue weighted by Gasteiger charge is 2.11. The topological polar surface area (TPSA) is 71.2 Å². The maximum absolute atomic E-state index is 8.88. The number of benzene rings is 1. The van der Waals surface area contributed by atoms with Crippen molar-refractivity contribution in [3.8, 4) is 0 Å². The van der Waals surface area contributed by atoms with E-state index in [2.05, 4.69) is 10.3 Å². The molecule has 0 aliphatic carbocycles. The Morgan fingerprint density at radius 3 is 2.94 bits per heavy atom. The van der Waals surface area contributed by atoms with Gasteiger partial charge in [-0.05, 0) is 19.1 Å². The third-order valence-electron chi connectivity index (χ3n) is 2.72. The number of pyridine rings is 1. The summed E-state index contributed by atoms with van der Waals surface area (Å²) < 4.78 is 0. The Balaban J connectivity index is 2.57. The highest BCUT2D eigenvalue weighted by Crippen LogP contribution is 2.28. The fourth-order valence-corrected chi connectivity index (χ4v) is 2.07. The molecule has 5 heteroatoms. The molecule has 2 aromatic rings. The minimum Gasteiger partial charge on any atom is -0.395 e. The standard InChI is InChI=1S/C13H16ClN3O/c1-8(15)10-7-9-3-2-4-11(14)12(9)17-13(10)16-5-6-18/h2-4,7-8,18H,5-6,15H2,1H3,(H,16,17). The zero-order valence-electron chi connectivity index (χ0n) is 10.2. The van der Waals surface area contributed by atoms with E-state index >= 15 is 0 Å². The van der Waals surface area contributed by atoms with E-state index in [1.165, 1.54) is 0 Å². The molecule has 0 spiro atoms. The number of aliphatic hydroxyl groups is 1. The molecule has 4 N–H and O–H groups in total. The van der Waals surface area contributed by atoms with Crippen LogP contribution in [0.15, 0.2) is 24.3 Å². The summed E-state index contributed by atoms with van der Waals surface area (Å²) in [5.41, 5.74) is 7.59. The van der Waals surface area contributed by atoms with Crippen molar-refractivity contribution in [3.05, 3.63) is 34.9 Å². The average Bonchev–Trinajstić information content (AvgIpc) is 2.36. The lowest BCUT2D eigenvalue weighted by Gasteiger charge is -2.15. The Labute approximate surface area is 111 Å². The molecule has 1 unspecified atom stereocenters. The smallest absolute Gasteiger partial charge is 0.131 e. The Morgan fingerprint density at radius 1 is 1.50 bits per heavy atom. The summed E-state index contributed by atoms with van der Waals surface area (Å²) >= 11 is 6.12. The minimum atomic E-state index is -0.137. The summed E-state index contributed by atoms with van der Waals surface area (Å²) in [6.45, 7) is 2.38. The lowest BCUT2D eigenvalue weighted by atomic mass is 10.1. The Morgan fingerprint density at radius 2 is 2.28 bits per heavy atom. The minimum absolute atomic E-state index is 0.0423. The number of hydrogen-bond acceptors (Lipinski definition) is 4. The van der Waals surface area contributed by atoms with Gasteiger partial charge in [0, 0.05) is 23.5 Å². The van der Waals surface area contributed by atoms with Gasteiger partial charge in [0.15, 0.2) is 0 Å². The van der Waals surface area contributed by atoms with Crippen LogP contribution in [0.3, 0.4) is 0 Å². The number of hydrogen-bond donors (Lipinski definition) is 3. The first-order valence-electron chi connectivity index (χ1n) is 5.83. The van der Waals surface area contributed by atoms with Gasteiger partial charge in [-0.25, -0.2) is 4.98 Å². The van der Waals surface area contributed by atoms with E-state index in [0.29, 0.717) is 17.4 Å². The normalized spacial score (nSPS) is 12.7. The molecular formula is C13H16ClN3O. The highest BCUT2D eigenvalue weighted by atomic mass is 35.5. The summed E-state index contributed by atoms with van der Waals surface area (Å²) in [6, 6.07) is 7.49. The van der Waals surface area contributed by atoms with Crippen LogP contribution in [0.5, 0.6) is 0 Å². The van der Waals surface area contributed by atoms with E-state index in [4.69, 9.17) is 22.4 Å². The number of nitrogens with one attached hydrogen (secondary N) is 1. The SMILES string of the molecule is CC(N)c1cc2cccc(Cl)c2nc1NCCO. The van der Waals surface area contributed by atoms with Crippen molar-refractivity contribution in [1.82, 2.24) is 4.98 Å². The molecule has 0 saturated heterocycles. The molecule has 0 bridgehead atoms. The first-order chi connectivity index (χ1) is 8.63. The molecule has 2 rings (SSSR count). The Hall–Kier alpha value is -1.36. The molecule has 1 heterocycles. The molecule has 0 aliphatic heterocycles. The van der Waals surface area contributed by atoms with E-state index in [0.717, 1.165) is 16.5 Å². The molecule has 96 valence electrons. The number of fused-ring (bicyclic) bond motifs is 1. The number of para-hydroxylation sites is 1. The van der Waals surface area contributed by atoms with E-state index in [1.807, 2.05) is 25.1 Å². The van der Waals surface area contributed by atoms with Gasteiger partial charge in [-0.15, -0.1) is 0 Å². The largest absolute Gasteiger partial charge is 0.395 e. The number of nitrogens with two attached hydrogens (primary N) is 1. The lowest BCUT2D eigenvalue weighted by Crippen LogP contribution is -2.14. The molecule has 1 atom stereocenters. The monoisotopic (exact) mass is 265 g/mol. The van der Waals surface area contributed by atoms with Crippen LogP contribution in [0.25, 0.3) is 10.9 Å². The van der Waals surface area contributed by atoms with Crippen LogP contribution >= 0.6 is 11.6 Å². The maximum atomic E-state index is 8.88. The zero-order chi connectivity index (χ0) is 13.1. The van der Waals surface area contributed by atoms with Crippen molar-refractivity contribution >= 4 is 28.3 Å². The molecule has 1 aromatic heterocycles. The average molecular weight is 266 g/mol. The summed E-state index contributed by atoms with van der Waals surface area (Å²) in [6.07, 6.45) is 0. The van der Waals surface area contributed by atoms with Crippen LogP contribution in [0.4, 0.5) is 5.82 Å². The third kappa shape index (κ3) is 2.56. The molecule has 0 amide bonds. The van der Waals surface area contributed by atoms with Gasteiger partial charge in [0.05, 0.1) is 17.1 Å². The second-order valence-electron chi connectivity index (χ2n) is 4.18. The second-order valence-corrected chi connectivity index (χ2v) is 4.58. The number of halogens is 1. The number of anilines is 1. The summed E-state index contributed by atoms with van der Waals surface area (Å²) in [7, 11) is 0. The van der Waals surface area contributed by atoms with Crippen molar-refractivity contribution in [3.63, 3.8) is 0 Å². The molecular weight excluding hydrogens is 250 g/mol. The number of nitrogens with zero attached hydrogens (tertiary/aromatic N) is 1. The molecule has 0 fully saturated rings. The Bertz CT molecular complexity index is 557. The first kappa shape index (κ1) is 13.1. The highest BCUT2D eigenvalue weighted by molar-refractivity contribution is 6.35. The van der Waals surface area contributed by atoms with Crippen molar-refractivity contribution < 1.29 is 5.11 Å². The van der Waals surface area contributed by atoms with Gasteiger partial charge in [-0.2, -0.15) is 0 Å². The molecule has 0 radical (unpaired) electrons. The van der Waals surface area contributed by atoms with Crippen LogP contribution in [0.2, 0.25) is 5.02 Å². The van der Waals surface area contributed by atoms with Crippen LogP contribution in [-0.4, -0.2) is 23.2 Å². The fraction of sp³-hybridized carbons (Fsp3) is 0.308. The van der Waals surface area contributed by atoms with Crippen molar-refractivity contribution in [2.45, 2.75) is 13.0 Å². The number of aromatic nitrogens is 1. The fourth-order valence-electron chi connectivity index (χ4n) is 1.84. The summed E-state index contributed by atoms with van der Waals surface area (Å²) in [4.78, 5) is 4.50. The van der Waals surface area contributed by atoms with Crippen LogP contribution in [0.1, 0.15) is 18.5 Å². The Kier molecular flexibility index (Phi) is 4.01. The molecule has 18 heavy (non-hydrogen) atoms. The van der Waals surface area contributed by atoms with Gasteiger partial charge in [0.1, 0.15) is 5.82 Å². The molecule has 0 aliphatic rings. The predicted molar refractivity (Wildman–Crippen MR) is 74.9 cm³/mol. The molecule has 1 aromatic carbocycles. The predicted octanol–water partition coefficient (Wildman–Crippen LogP) is 2.31.